The van der Waals surface area contributed by atoms with Crippen LogP contribution in [0.1, 0.15) is 38.3 Å². The largest absolute Gasteiger partial charge is 0.378 e. The van der Waals surface area contributed by atoms with Gasteiger partial charge in [0.1, 0.15) is 11.4 Å². The summed E-state index contributed by atoms with van der Waals surface area (Å²) in [7, 11) is 0. The molecule has 6 nitrogen and oxygen atoms in total. The Morgan fingerprint density at radius 2 is 2.12 bits per heavy atom. The van der Waals surface area contributed by atoms with Crippen molar-refractivity contribution in [3.8, 4) is 11.3 Å². The van der Waals surface area contributed by atoms with Crippen LogP contribution < -0.4 is 5.32 Å². The maximum absolute atomic E-state index is 12.8. The van der Waals surface area contributed by atoms with Gasteiger partial charge in [-0.3, -0.25) is 0 Å². The van der Waals surface area contributed by atoms with Crippen molar-refractivity contribution >= 4 is 11.7 Å². The highest BCUT2D eigenvalue weighted by Crippen LogP contribution is 2.31. The Morgan fingerprint density at radius 1 is 1.31 bits per heavy atom. The Balaban J connectivity index is 1.66. The number of urea groups is 1. The first-order valence-corrected chi connectivity index (χ1v) is 9.38. The van der Waals surface area contributed by atoms with Crippen LogP contribution >= 0.6 is 0 Å². The van der Waals surface area contributed by atoms with Gasteiger partial charge in [0.25, 0.3) is 0 Å². The van der Waals surface area contributed by atoms with Crippen LogP contribution in [-0.2, 0) is 4.74 Å². The molecule has 1 aliphatic rings. The van der Waals surface area contributed by atoms with Crippen molar-refractivity contribution in [2.24, 2.45) is 0 Å². The number of rotatable bonds is 5. The number of amides is 2. The molecule has 2 aromatic rings. The van der Waals surface area contributed by atoms with E-state index in [1.165, 1.54) is 0 Å². The van der Waals surface area contributed by atoms with Crippen LogP contribution in [0, 0.1) is 6.92 Å². The standard InChI is InChI=1S/C20H27N3O3/c1-3-14-25-17-10-7-12-23(13-11-17)20(24)21-18-15(2)22-26-19(18)16-8-5-4-6-9-16/h4-6,8-9,17H,3,7,10-14H2,1-2H3,(H,21,24). The zero-order valence-electron chi connectivity index (χ0n) is 15.5. The van der Waals surface area contributed by atoms with Crippen LogP contribution in [0.2, 0.25) is 0 Å². The molecular weight excluding hydrogens is 330 g/mol. The molecule has 2 heterocycles. The maximum atomic E-state index is 12.8. The number of benzene rings is 1. The first-order chi connectivity index (χ1) is 12.7. The molecule has 26 heavy (non-hydrogen) atoms. The Kier molecular flexibility index (Phi) is 6.28. The lowest BCUT2D eigenvalue weighted by atomic mass is 10.1. The maximum Gasteiger partial charge on any atom is 0.322 e. The van der Waals surface area contributed by atoms with Crippen molar-refractivity contribution in [3.05, 3.63) is 36.0 Å². The van der Waals surface area contributed by atoms with Gasteiger partial charge in [-0.05, 0) is 32.6 Å². The molecule has 1 N–H and O–H groups in total. The summed E-state index contributed by atoms with van der Waals surface area (Å²) in [5, 5.41) is 7.03. The number of likely N-dealkylation sites (tertiary alicyclic amines) is 1. The molecule has 3 rings (SSSR count). The van der Waals surface area contributed by atoms with Crippen LogP contribution in [0.3, 0.4) is 0 Å². The molecule has 1 unspecified atom stereocenters. The molecule has 1 atom stereocenters. The molecule has 140 valence electrons. The molecule has 0 spiro atoms. The van der Waals surface area contributed by atoms with Gasteiger partial charge in [0.05, 0.1) is 6.10 Å². The zero-order chi connectivity index (χ0) is 18.4. The van der Waals surface area contributed by atoms with Gasteiger partial charge in [-0.15, -0.1) is 0 Å². The number of nitrogens with one attached hydrogen (secondary N) is 1. The fourth-order valence-corrected chi connectivity index (χ4v) is 3.21. The third-order valence-electron chi connectivity index (χ3n) is 4.65. The van der Waals surface area contributed by atoms with E-state index in [0.29, 0.717) is 23.7 Å². The molecule has 1 aromatic heterocycles. The topological polar surface area (TPSA) is 67.6 Å². The minimum Gasteiger partial charge on any atom is -0.378 e. The fourth-order valence-electron chi connectivity index (χ4n) is 3.21. The predicted molar refractivity (Wildman–Crippen MR) is 101 cm³/mol. The summed E-state index contributed by atoms with van der Waals surface area (Å²) in [5.74, 6) is 0.593. The van der Waals surface area contributed by atoms with E-state index < -0.39 is 0 Å². The number of carbonyl (C=O) groups is 1. The van der Waals surface area contributed by atoms with Crippen molar-refractivity contribution in [2.75, 3.05) is 25.0 Å². The highest BCUT2D eigenvalue weighted by Gasteiger charge is 2.23. The van der Waals surface area contributed by atoms with E-state index in [4.69, 9.17) is 9.26 Å². The normalized spacial score (nSPS) is 17.8. The SMILES string of the molecule is CCCOC1CCCN(C(=O)Nc2c(C)noc2-c2ccccc2)CC1. The minimum absolute atomic E-state index is 0.107. The van der Waals surface area contributed by atoms with Crippen molar-refractivity contribution in [1.82, 2.24) is 10.1 Å². The number of aromatic nitrogens is 1. The van der Waals surface area contributed by atoms with E-state index in [-0.39, 0.29) is 12.1 Å². The van der Waals surface area contributed by atoms with Crippen molar-refractivity contribution in [3.63, 3.8) is 0 Å². The van der Waals surface area contributed by atoms with E-state index >= 15 is 0 Å². The Bertz CT molecular complexity index is 714. The van der Waals surface area contributed by atoms with E-state index in [0.717, 1.165) is 44.4 Å². The lowest BCUT2D eigenvalue weighted by molar-refractivity contribution is 0.0446. The summed E-state index contributed by atoms with van der Waals surface area (Å²) >= 11 is 0. The van der Waals surface area contributed by atoms with Crippen LogP contribution in [-0.4, -0.2) is 41.9 Å². The van der Waals surface area contributed by atoms with Gasteiger partial charge in [0.15, 0.2) is 5.76 Å². The van der Waals surface area contributed by atoms with Crippen LogP contribution in [0.5, 0.6) is 0 Å². The van der Waals surface area contributed by atoms with Crippen molar-refractivity contribution in [2.45, 2.75) is 45.6 Å². The van der Waals surface area contributed by atoms with Gasteiger partial charge in [-0.2, -0.15) is 0 Å². The van der Waals surface area contributed by atoms with E-state index in [2.05, 4.69) is 17.4 Å². The molecule has 1 aliphatic heterocycles. The Hall–Kier alpha value is -2.34. The number of nitrogens with zero attached hydrogens (tertiary/aromatic N) is 2. The van der Waals surface area contributed by atoms with E-state index in [1.807, 2.05) is 42.2 Å². The third kappa shape index (κ3) is 4.43. The first kappa shape index (κ1) is 18.5. The summed E-state index contributed by atoms with van der Waals surface area (Å²) < 4.78 is 11.3. The van der Waals surface area contributed by atoms with E-state index in [9.17, 15) is 4.79 Å². The zero-order valence-corrected chi connectivity index (χ0v) is 15.5. The number of ether oxygens (including phenoxy) is 1. The predicted octanol–water partition coefficient (Wildman–Crippen LogP) is 4.46. The van der Waals surface area contributed by atoms with Crippen molar-refractivity contribution < 1.29 is 14.1 Å². The Morgan fingerprint density at radius 3 is 2.88 bits per heavy atom. The molecule has 1 saturated heterocycles. The number of anilines is 1. The molecule has 1 aromatic carbocycles. The summed E-state index contributed by atoms with van der Waals surface area (Å²) in [4.78, 5) is 14.6. The van der Waals surface area contributed by atoms with Gasteiger partial charge < -0.3 is 19.5 Å². The molecule has 0 radical (unpaired) electrons. The summed E-state index contributed by atoms with van der Waals surface area (Å²) in [6, 6.07) is 9.59. The summed E-state index contributed by atoms with van der Waals surface area (Å²) in [6.07, 6.45) is 4.11. The molecule has 2 amide bonds. The highest BCUT2D eigenvalue weighted by atomic mass is 16.5. The van der Waals surface area contributed by atoms with Gasteiger partial charge in [-0.1, -0.05) is 42.4 Å². The number of hydrogen-bond acceptors (Lipinski definition) is 4. The minimum atomic E-state index is -0.107. The molecule has 0 bridgehead atoms. The van der Waals surface area contributed by atoms with E-state index in [1.54, 1.807) is 0 Å². The summed E-state index contributed by atoms with van der Waals surface area (Å²) in [5.41, 5.74) is 2.22. The average Bonchev–Trinajstić information content (AvgIpc) is 2.87. The lowest BCUT2D eigenvalue weighted by Crippen LogP contribution is -2.36. The monoisotopic (exact) mass is 357 g/mol. The fraction of sp³-hybridized carbons (Fsp3) is 0.500. The number of carbonyl (C=O) groups excluding carboxylic acids is 1. The smallest absolute Gasteiger partial charge is 0.322 e. The van der Waals surface area contributed by atoms with Gasteiger partial charge in [-0.25, -0.2) is 4.79 Å². The van der Waals surface area contributed by atoms with Crippen molar-refractivity contribution in [1.29, 1.82) is 0 Å². The van der Waals surface area contributed by atoms with Crippen LogP contribution in [0.15, 0.2) is 34.9 Å². The number of aryl methyl sites for hydroxylation is 1. The summed E-state index contributed by atoms with van der Waals surface area (Å²) in [6.45, 7) is 6.18. The first-order valence-electron chi connectivity index (χ1n) is 9.38. The third-order valence-corrected chi connectivity index (χ3v) is 4.65. The highest BCUT2D eigenvalue weighted by molar-refractivity contribution is 5.94. The molecule has 0 aliphatic carbocycles. The quantitative estimate of drug-likeness (QED) is 0.858. The van der Waals surface area contributed by atoms with Gasteiger partial charge in [0.2, 0.25) is 0 Å². The molecule has 6 heteroatoms. The van der Waals surface area contributed by atoms with Crippen LogP contribution in [0.4, 0.5) is 10.5 Å². The molecule has 0 saturated carbocycles. The van der Waals surface area contributed by atoms with Crippen LogP contribution in [0.25, 0.3) is 11.3 Å². The van der Waals surface area contributed by atoms with Gasteiger partial charge >= 0.3 is 6.03 Å². The second kappa shape index (κ2) is 8.85. The molecular formula is C20H27N3O3. The van der Waals surface area contributed by atoms with Gasteiger partial charge in [0, 0.05) is 25.3 Å². The average molecular weight is 357 g/mol. The second-order valence-electron chi connectivity index (χ2n) is 6.68. The lowest BCUT2D eigenvalue weighted by Gasteiger charge is -2.21. The molecule has 1 fully saturated rings. The second-order valence-corrected chi connectivity index (χ2v) is 6.68. The number of hydrogen-bond donors (Lipinski definition) is 1. The Labute approximate surface area is 154 Å².